The second-order valence-corrected chi connectivity index (χ2v) is 8.48. The molecule has 0 aliphatic carbocycles. The summed E-state index contributed by atoms with van der Waals surface area (Å²) in [6.07, 6.45) is 9.92. The van der Waals surface area contributed by atoms with E-state index in [0.29, 0.717) is 6.04 Å². The molecule has 5 rings (SSSR count). The van der Waals surface area contributed by atoms with Crippen LogP contribution in [0.3, 0.4) is 0 Å². The highest BCUT2D eigenvalue weighted by Crippen LogP contribution is 2.57. The molecule has 0 bridgehead atoms. The van der Waals surface area contributed by atoms with E-state index in [0.717, 1.165) is 12.8 Å². The van der Waals surface area contributed by atoms with Crippen LogP contribution in [0.25, 0.3) is 16.6 Å². The highest BCUT2D eigenvalue weighted by atomic mass is 15.2. The summed E-state index contributed by atoms with van der Waals surface area (Å²) in [5, 5.41) is 1.47. The van der Waals surface area contributed by atoms with Crippen molar-refractivity contribution < 1.29 is 0 Å². The summed E-state index contributed by atoms with van der Waals surface area (Å²) >= 11 is 0. The number of piperidine rings is 1. The predicted molar refractivity (Wildman–Crippen MR) is 110 cm³/mol. The van der Waals surface area contributed by atoms with Crippen LogP contribution in [0.2, 0.25) is 0 Å². The van der Waals surface area contributed by atoms with Crippen LogP contribution in [0.15, 0.2) is 42.5 Å². The minimum atomic E-state index is 0.282. The molecule has 3 aliphatic heterocycles. The van der Waals surface area contributed by atoms with E-state index in [1.54, 1.807) is 11.3 Å². The van der Waals surface area contributed by atoms with Crippen LogP contribution in [0, 0.1) is 5.41 Å². The second kappa shape index (κ2) is 5.85. The molecule has 1 saturated heterocycles. The third-order valence-electron chi connectivity index (χ3n) is 7.16. The Labute approximate surface area is 157 Å². The van der Waals surface area contributed by atoms with Gasteiger partial charge in [0.1, 0.15) is 0 Å². The molecule has 1 aromatic carbocycles. The van der Waals surface area contributed by atoms with E-state index >= 15 is 0 Å². The lowest BCUT2D eigenvalue weighted by Crippen LogP contribution is -2.50. The quantitative estimate of drug-likeness (QED) is 0.665. The lowest BCUT2D eigenvalue weighted by Gasteiger charge is -2.53. The van der Waals surface area contributed by atoms with Gasteiger partial charge < -0.3 is 4.57 Å². The molecule has 0 saturated carbocycles. The zero-order chi connectivity index (χ0) is 17.9. The average Bonchev–Trinajstić information content (AvgIpc) is 3.02. The minimum absolute atomic E-state index is 0.282. The van der Waals surface area contributed by atoms with Gasteiger partial charge in [0.15, 0.2) is 0 Å². The van der Waals surface area contributed by atoms with E-state index in [1.807, 2.05) is 0 Å². The van der Waals surface area contributed by atoms with E-state index in [9.17, 15) is 0 Å². The highest BCUT2D eigenvalue weighted by molar-refractivity contribution is 5.91. The van der Waals surface area contributed by atoms with Crippen molar-refractivity contribution in [3.63, 3.8) is 0 Å². The molecule has 4 heterocycles. The van der Waals surface area contributed by atoms with Crippen LogP contribution in [0.1, 0.15) is 63.3 Å². The van der Waals surface area contributed by atoms with Crippen LogP contribution >= 0.6 is 0 Å². The van der Waals surface area contributed by atoms with Crippen LogP contribution in [0.5, 0.6) is 0 Å². The topological polar surface area (TPSA) is 8.17 Å². The maximum absolute atomic E-state index is 4.52. The highest BCUT2D eigenvalue weighted by Gasteiger charge is 2.50. The zero-order valence-corrected chi connectivity index (χ0v) is 16.2. The molecule has 0 amide bonds. The molecule has 2 aromatic rings. The van der Waals surface area contributed by atoms with Crippen molar-refractivity contribution in [3.8, 4) is 0 Å². The van der Waals surface area contributed by atoms with Crippen molar-refractivity contribution in [3.05, 3.63) is 53.8 Å². The van der Waals surface area contributed by atoms with Crippen molar-refractivity contribution >= 4 is 16.6 Å². The van der Waals surface area contributed by atoms with Gasteiger partial charge in [-0.15, -0.1) is 0 Å². The van der Waals surface area contributed by atoms with Gasteiger partial charge in [-0.25, -0.2) is 0 Å². The van der Waals surface area contributed by atoms with Crippen molar-refractivity contribution in [2.45, 2.75) is 58.4 Å². The molecule has 2 nitrogen and oxygen atoms in total. The number of fused-ring (bicyclic) bond motifs is 3. The first kappa shape index (κ1) is 16.4. The number of hydrogen-bond acceptors (Lipinski definition) is 1. The Bertz CT molecular complexity index is 916. The number of allylic oxidation sites excluding steroid dienone is 2. The Morgan fingerprint density at radius 3 is 2.88 bits per heavy atom. The summed E-state index contributed by atoms with van der Waals surface area (Å²) in [6.45, 7) is 11.6. The normalized spacial score (nSPS) is 27.3. The number of aromatic nitrogens is 1. The van der Waals surface area contributed by atoms with Gasteiger partial charge in [-0.2, -0.15) is 0 Å². The van der Waals surface area contributed by atoms with E-state index in [2.05, 4.69) is 60.2 Å². The van der Waals surface area contributed by atoms with E-state index in [-0.39, 0.29) is 5.41 Å². The monoisotopic (exact) mass is 346 g/mol. The Kier molecular flexibility index (Phi) is 3.69. The molecular formula is C24H30N2. The van der Waals surface area contributed by atoms with Gasteiger partial charge in [-0.05, 0) is 55.9 Å². The Morgan fingerprint density at radius 2 is 2.08 bits per heavy atom. The molecule has 136 valence electrons. The first-order valence-corrected chi connectivity index (χ1v) is 10.5. The molecule has 3 aliphatic rings. The van der Waals surface area contributed by atoms with Gasteiger partial charge in [-0.1, -0.05) is 51.1 Å². The van der Waals surface area contributed by atoms with Gasteiger partial charge in [0, 0.05) is 28.7 Å². The molecule has 0 spiro atoms. The zero-order valence-electron chi connectivity index (χ0n) is 16.2. The first-order chi connectivity index (χ1) is 12.7. The SMILES string of the molecule is C=C(CCC)C1=CC2(CC)CCCN3CCc4c(n1c1ccccc41)C32. The maximum atomic E-state index is 4.52. The fraction of sp³-hybridized carbons (Fsp3) is 0.500. The summed E-state index contributed by atoms with van der Waals surface area (Å²) in [7, 11) is 0. The minimum Gasteiger partial charge on any atom is -0.312 e. The largest absolute Gasteiger partial charge is 0.312 e. The lowest BCUT2D eigenvalue weighted by atomic mass is 9.66. The molecule has 2 atom stereocenters. The summed E-state index contributed by atoms with van der Waals surface area (Å²) < 4.78 is 2.60. The Morgan fingerprint density at radius 1 is 1.23 bits per heavy atom. The van der Waals surface area contributed by atoms with E-state index in [1.165, 1.54) is 60.9 Å². The number of rotatable bonds is 4. The summed E-state index contributed by atoms with van der Waals surface area (Å²) in [4.78, 5) is 2.78. The fourth-order valence-electron chi connectivity index (χ4n) is 5.97. The molecule has 2 heteroatoms. The van der Waals surface area contributed by atoms with Crippen LogP contribution in [0.4, 0.5) is 0 Å². The summed E-state index contributed by atoms with van der Waals surface area (Å²) in [6, 6.07) is 9.60. The van der Waals surface area contributed by atoms with Crippen molar-refractivity contribution in [2.24, 2.45) is 5.41 Å². The fourth-order valence-corrected chi connectivity index (χ4v) is 5.97. The summed E-state index contributed by atoms with van der Waals surface area (Å²) in [5.74, 6) is 0. The van der Waals surface area contributed by atoms with E-state index in [4.69, 9.17) is 0 Å². The van der Waals surface area contributed by atoms with Crippen molar-refractivity contribution in [1.82, 2.24) is 9.47 Å². The third kappa shape index (κ3) is 2.02. The molecule has 2 unspecified atom stereocenters. The van der Waals surface area contributed by atoms with Crippen LogP contribution < -0.4 is 0 Å². The summed E-state index contributed by atoms with van der Waals surface area (Å²) in [5.41, 5.74) is 7.57. The Balaban J connectivity index is 1.85. The van der Waals surface area contributed by atoms with Crippen molar-refractivity contribution in [1.29, 1.82) is 0 Å². The lowest BCUT2D eigenvalue weighted by molar-refractivity contribution is 0.0271. The standard InChI is InChI=1S/C24H30N2/c1-4-9-17(3)21-16-24(5-2)13-8-14-25-15-12-19-18-10-6-7-11-20(18)26(21)22(19)23(24)25/h6-7,10-11,16,23H,3-5,8-9,12-15H2,1-2H3. The number of benzene rings is 1. The van der Waals surface area contributed by atoms with Gasteiger partial charge in [0.2, 0.25) is 0 Å². The predicted octanol–water partition coefficient (Wildman–Crippen LogP) is 5.94. The van der Waals surface area contributed by atoms with Gasteiger partial charge in [0.05, 0.1) is 11.6 Å². The van der Waals surface area contributed by atoms with Crippen LogP contribution in [-0.4, -0.2) is 22.6 Å². The molecule has 1 aromatic heterocycles. The van der Waals surface area contributed by atoms with Gasteiger partial charge in [0.25, 0.3) is 0 Å². The molecule has 26 heavy (non-hydrogen) atoms. The van der Waals surface area contributed by atoms with E-state index < -0.39 is 0 Å². The third-order valence-corrected chi connectivity index (χ3v) is 7.16. The smallest absolute Gasteiger partial charge is 0.0599 e. The maximum Gasteiger partial charge on any atom is 0.0599 e. The Hall–Kier alpha value is -1.80. The molecule has 0 N–H and O–H groups in total. The second-order valence-electron chi connectivity index (χ2n) is 8.48. The number of nitrogens with zero attached hydrogens (tertiary/aromatic N) is 2. The van der Waals surface area contributed by atoms with Crippen molar-refractivity contribution in [2.75, 3.05) is 13.1 Å². The van der Waals surface area contributed by atoms with Gasteiger partial charge >= 0.3 is 0 Å². The van der Waals surface area contributed by atoms with Gasteiger partial charge in [-0.3, -0.25) is 4.90 Å². The number of para-hydroxylation sites is 1. The molecule has 0 radical (unpaired) electrons. The van der Waals surface area contributed by atoms with Crippen LogP contribution in [-0.2, 0) is 6.42 Å². The number of hydrogen-bond donors (Lipinski definition) is 0. The molecule has 1 fully saturated rings. The first-order valence-electron chi connectivity index (χ1n) is 10.5. The molecular weight excluding hydrogens is 316 g/mol. The average molecular weight is 347 g/mol.